The fourth-order valence-corrected chi connectivity index (χ4v) is 4.39. The van der Waals surface area contributed by atoms with Crippen LogP contribution in [0.2, 0.25) is 0 Å². The fourth-order valence-electron chi connectivity index (χ4n) is 2.96. The number of aryl methyl sites for hydroxylation is 2. The Labute approximate surface area is 147 Å². The van der Waals surface area contributed by atoms with Crippen molar-refractivity contribution in [3.05, 3.63) is 17.0 Å². The lowest BCUT2D eigenvalue weighted by Crippen LogP contribution is -2.55. The summed E-state index contributed by atoms with van der Waals surface area (Å²) in [6.45, 7) is 6.40. The van der Waals surface area contributed by atoms with Crippen molar-refractivity contribution in [2.75, 3.05) is 39.5 Å². The molecule has 2 aliphatic rings. The summed E-state index contributed by atoms with van der Waals surface area (Å²) in [7, 11) is -3.57. The third-order valence-electron chi connectivity index (χ3n) is 4.54. The SMILES string of the molecule is Cc1noc(C)c1CO[C@@H]1COCC[C@H]1NS(=O)(=O)N1CCOCC1. The van der Waals surface area contributed by atoms with Crippen molar-refractivity contribution in [3.8, 4) is 0 Å². The van der Waals surface area contributed by atoms with Gasteiger partial charge in [0.2, 0.25) is 0 Å². The number of hydrogen-bond acceptors (Lipinski definition) is 7. The van der Waals surface area contributed by atoms with Crippen molar-refractivity contribution in [2.24, 2.45) is 0 Å². The second-order valence-corrected chi connectivity index (χ2v) is 7.96. The minimum Gasteiger partial charge on any atom is -0.379 e. The molecule has 0 unspecified atom stereocenters. The molecule has 2 atom stereocenters. The van der Waals surface area contributed by atoms with E-state index < -0.39 is 10.2 Å². The van der Waals surface area contributed by atoms with Crippen LogP contribution in [0.4, 0.5) is 0 Å². The molecule has 1 aromatic rings. The average molecular weight is 375 g/mol. The van der Waals surface area contributed by atoms with Crippen LogP contribution in [-0.4, -0.2) is 69.5 Å². The van der Waals surface area contributed by atoms with Crippen LogP contribution in [0.15, 0.2) is 4.52 Å². The minimum absolute atomic E-state index is 0.310. The Hall–Kier alpha value is -1.04. The first-order valence-electron chi connectivity index (χ1n) is 8.43. The maximum atomic E-state index is 12.6. The van der Waals surface area contributed by atoms with Crippen LogP contribution < -0.4 is 4.72 Å². The summed E-state index contributed by atoms with van der Waals surface area (Å²) in [5.74, 6) is 0.708. The fraction of sp³-hybridized carbons (Fsp3) is 0.800. The van der Waals surface area contributed by atoms with E-state index in [4.69, 9.17) is 18.7 Å². The first-order valence-corrected chi connectivity index (χ1v) is 9.87. The van der Waals surface area contributed by atoms with Gasteiger partial charge in [-0.3, -0.25) is 0 Å². The number of ether oxygens (including phenoxy) is 3. The largest absolute Gasteiger partial charge is 0.379 e. The monoisotopic (exact) mass is 375 g/mol. The average Bonchev–Trinajstić information content (AvgIpc) is 2.93. The van der Waals surface area contributed by atoms with E-state index in [9.17, 15) is 8.42 Å². The van der Waals surface area contributed by atoms with Gasteiger partial charge in [0.1, 0.15) is 5.76 Å². The second kappa shape index (κ2) is 8.11. The number of hydrogen-bond donors (Lipinski definition) is 1. The number of nitrogens with zero attached hydrogens (tertiary/aromatic N) is 2. The molecule has 0 saturated carbocycles. The maximum Gasteiger partial charge on any atom is 0.279 e. The highest BCUT2D eigenvalue weighted by atomic mass is 32.2. The van der Waals surface area contributed by atoms with Crippen LogP contribution in [0.1, 0.15) is 23.4 Å². The molecule has 0 aromatic carbocycles. The van der Waals surface area contributed by atoms with Crippen molar-refractivity contribution in [3.63, 3.8) is 0 Å². The standard InChI is InChI=1S/C15H25N3O6S/c1-11-13(12(2)24-16-11)9-23-15-10-22-6-3-14(15)17-25(19,20)18-4-7-21-8-5-18/h14-15,17H,3-10H2,1-2H3/t14-,15-/m1/s1. The number of aromatic nitrogens is 1. The van der Waals surface area contributed by atoms with Gasteiger partial charge < -0.3 is 18.7 Å². The quantitative estimate of drug-likeness (QED) is 0.754. The van der Waals surface area contributed by atoms with Gasteiger partial charge in [-0.25, -0.2) is 0 Å². The van der Waals surface area contributed by atoms with E-state index in [0.29, 0.717) is 58.3 Å². The first kappa shape index (κ1) is 18.7. The van der Waals surface area contributed by atoms with Gasteiger partial charge in [0.05, 0.1) is 44.3 Å². The van der Waals surface area contributed by atoms with Gasteiger partial charge in [-0.1, -0.05) is 5.16 Å². The van der Waals surface area contributed by atoms with E-state index >= 15 is 0 Å². The van der Waals surface area contributed by atoms with Gasteiger partial charge in [-0.05, 0) is 20.3 Å². The molecule has 3 heterocycles. The molecule has 25 heavy (non-hydrogen) atoms. The third-order valence-corrected chi connectivity index (χ3v) is 6.18. The molecule has 2 aliphatic heterocycles. The minimum atomic E-state index is -3.57. The van der Waals surface area contributed by atoms with Gasteiger partial charge in [-0.2, -0.15) is 17.4 Å². The van der Waals surface area contributed by atoms with Gasteiger partial charge in [0.15, 0.2) is 0 Å². The normalized spacial score (nSPS) is 26.0. The maximum absolute atomic E-state index is 12.6. The number of morpholine rings is 1. The van der Waals surface area contributed by atoms with Crippen LogP contribution in [0, 0.1) is 13.8 Å². The summed E-state index contributed by atoms with van der Waals surface area (Å²) < 4.78 is 51.1. The third kappa shape index (κ3) is 4.57. The van der Waals surface area contributed by atoms with Crippen molar-refractivity contribution in [1.82, 2.24) is 14.2 Å². The van der Waals surface area contributed by atoms with Gasteiger partial charge in [0, 0.05) is 25.3 Å². The van der Waals surface area contributed by atoms with Gasteiger partial charge in [0.25, 0.3) is 10.2 Å². The van der Waals surface area contributed by atoms with E-state index in [0.717, 1.165) is 11.3 Å². The summed E-state index contributed by atoms with van der Waals surface area (Å²) in [6, 6.07) is -0.331. The summed E-state index contributed by atoms with van der Waals surface area (Å²) >= 11 is 0. The lowest BCUT2D eigenvalue weighted by Gasteiger charge is -2.34. The molecule has 0 bridgehead atoms. The number of nitrogens with one attached hydrogen (secondary N) is 1. The zero-order valence-corrected chi connectivity index (χ0v) is 15.4. The number of rotatable bonds is 6. The van der Waals surface area contributed by atoms with E-state index in [2.05, 4.69) is 9.88 Å². The Kier molecular flexibility index (Phi) is 6.08. The highest BCUT2D eigenvalue weighted by molar-refractivity contribution is 7.87. The highest BCUT2D eigenvalue weighted by Crippen LogP contribution is 2.19. The lowest BCUT2D eigenvalue weighted by molar-refractivity contribution is -0.0718. The van der Waals surface area contributed by atoms with Crippen LogP contribution in [-0.2, 0) is 31.0 Å². The van der Waals surface area contributed by atoms with Crippen LogP contribution in [0.25, 0.3) is 0 Å². The van der Waals surface area contributed by atoms with Crippen LogP contribution >= 0.6 is 0 Å². The molecule has 1 N–H and O–H groups in total. The Balaban J connectivity index is 1.62. The molecular formula is C15H25N3O6S. The predicted octanol–water partition coefficient (Wildman–Crippen LogP) is 0.132. The van der Waals surface area contributed by atoms with E-state index in [1.54, 1.807) is 0 Å². The molecule has 1 aromatic heterocycles. The first-order chi connectivity index (χ1) is 12.0. The molecule has 3 rings (SSSR count). The zero-order chi connectivity index (χ0) is 17.9. The Bertz CT molecular complexity index is 651. The predicted molar refractivity (Wildman–Crippen MR) is 88.2 cm³/mol. The van der Waals surface area contributed by atoms with E-state index in [1.807, 2.05) is 13.8 Å². The second-order valence-electron chi connectivity index (χ2n) is 6.26. The van der Waals surface area contributed by atoms with E-state index in [1.165, 1.54) is 4.31 Å². The molecule has 10 heteroatoms. The highest BCUT2D eigenvalue weighted by Gasteiger charge is 2.33. The molecular weight excluding hydrogens is 350 g/mol. The van der Waals surface area contributed by atoms with Gasteiger partial charge >= 0.3 is 0 Å². The summed E-state index contributed by atoms with van der Waals surface area (Å²) in [6.07, 6.45) is 0.203. The molecule has 2 fully saturated rings. The summed E-state index contributed by atoms with van der Waals surface area (Å²) in [4.78, 5) is 0. The van der Waals surface area contributed by atoms with Crippen molar-refractivity contribution in [2.45, 2.75) is 39.0 Å². The van der Waals surface area contributed by atoms with Crippen molar-refractivity contribution >= 4 is 10.2 Å². The topological polar surface area (TPSA) is 103 Å². The molecule has 0 radical (unpaired) electrons. The molecule has 142 valence electrons. The Morgan fingerprint density at radius 1 is 1.24 bits per heavy atom. The summed E-state index contributed by atoms with van der Waals surface area (Å²) in [5.41, 5.74) is 1.67. The molecule has 2 saturated heterocycles. The van der Waals surface area contributed by atoms with Crippen molar-refractivity contribution in [1.29, 1.82) is 0 Å². The lowest BCUT2D eigenvalue weighted by atomic mass is 10.1. The van der Waals surface area contributed by atoms with Gasteiger partial charge in [-0.15, -0.1) is 0 Å². The van der Waals surface area contributed by atoms with Crippen LogP contribution in [0.5, 0.6) is 0 Å². The summed E-state index contributed by atoms with van der Waals surface area (Å²) in [5, 5.41) is 3.90. The van der Waals surface area contributed by atoms with Crippen molar-refractivity contribution < 1.29 is 27.2 Å². The Morgan fingerprint density at radius 3 is 2.68 bits per heavy atom. The zero-order valence-electron chi connectivity index (χ0n) is 14.6. The molecule has 0 amide bonds. The molecule has 0 spiro atoms. The molecule has 0 aliphatic carbocycles. The van der Waals surface area contributed by atoms with Crippen LogP contribution in [0.3, 0.4) is 0 Å². The van der Waals surface area contributed by atoms with E-state index in [-0.39, 0.29) is 12.1 Å². The Morgan fingerprint density at radius 2 is 2.00 bits per heavy atom. The smallest absolute Gasteiger partial charge is 0.279 e. The molecule has 9 nitrogen and oxygen atoms in total.